The van der Waals surface area contributed by atoms with Crippen molar-refractivity contribution in [2.75, 3.05) is 13.2 Å². The van der Waals surface area contributed by atoms with Crippen LogP contribution in [-0.4, -0.2) is 51.9 Å². The average molecular weight is 318 g/mol. The van der Waals surface area contributed by atoms with E-state index in [0.29, 0.717) is 24.4 Å². The summed E-state index contributed by atoms with van der Waals surface area (Å²) in [7, 11) is 1.97. The number of hydrogen-bond donors (Lipinski definition) is 1. The lowest BCUT2D eigenvalue weighted by Gasteiger charge is -2.43. The van der Waals surface area contributed by atoms with Gasteiger partial charge in [-0.25, -0.2) is 0 Å². The summed E-state index contributed by atoms with van der Waals surface area (Å²) in [5.74, 6) is 0.302. The molecule has 1 aromatic rings. The number of piperidine rings is 1. The fraction of sp³-hybridized carbons (Fsp3) is 0.765. The topological polar surface area (TPSA) is 59.4 Å². The maximum Gasteiger partial charge on any atom is 0.223 e. The van der Waals surface area contributed by atoms with E-state index in [1.165, 1.54) is 0 Å². The molecule has 3 atom stereocenters. The number of carbonyl (C=O) groups excluding carboxylic acids is 1. The highest BCUT2D eigenvalue weighted by Gasteiger charge is 2.45. The van der Waals surface area contributed by atoms with Gasteiger partial charge in [0.05, 0.1) is 18.3 Å². The van der Waals surface area contributed by atoms with Crippen LogP contribution in [-0.2, 0) is 16.6 Å². The van der Waals surface area contributed by atoms with Crippen LogP contribution in [0.5, 0.6) is 0 Å². The number of aryl methyl sites for hydroxylation is 1. The number of nitrogens with zero attached hydrogens (tertiary/aromatic N) is 3. The molecule has 3 aliphatic rings. The van der Waals surface area contributed by atoms with E-state index in [-0.39, 0.29) is 12.1 Å². The van der Waals surface area contributed by atoms with Crippen molar-refractivity contribution in [1.29, 1.82) is 0 Å². The monoisotopic (exact) mass is 318 g/mol. The molecule has 4 rings (SSSR count). The summed E-state index contributed by atoms with van der Waals surface area (Å²) >= 11 is 0. The number of hydrogen-bond acceptors (Lipinski definition) is 4. The summed E-state index contributed by atoms with van der Waals surface area (Å²) < 4.78 is 7.54. The first-order valence-electron chi connectivity index (χ1n) is 8.87. The van der Waals surface area contributed by atoms with Crippen molar-refractivity contribution in [3.05, 3.63) is 18.0 Å². The van der Waals surface area contributed by atoms with Gasteiger partial charge in [0.1, 0.15) is 0 Å². The van der Waals surface area contributed by atoms with Crippen LogP contribution >= 0.6 is 0 Å². The van der Waals surface area contributed by atoms with Gasteiger partial charge < -0.3 is 15.0 Å². The Morgan fingerprint density at radius 2 is 2.17 bits per heavy atom. The summed E-state index contributed by atoms with van der Waals surface area (Å²) in [4.78, 5) is 14.7. The van der Waals surface area contributed by atoms with E-state index < -0.39 is 0 Å². The third-order valence-corrected chi connectivity index (χ3v) is 5.35. The Kier molecular flexibility index (Phi) is 4.11. The highest BCUT2D eigenvalue weighted by atomic mass is 16.5. The lowest BCUT2D eigenvalue weighted by molar-refractivity contribution is -0.139. The van der Waals surface area contributed by atoms with Gasteiger partial charge in [-0.05, 0) is 38.2 Å². The van der Waals surface area contributed by atoms with Gasteiger partial charge in [0.2, 0.25) is 5.91 Å². The Morgan fingerprint density at radius 1 is 1.30 bits per heavy atom. The van der Waals surface area contributed by atoms with E-state index in [0.717, 1.165) is 51.0 Å². The van der Waals surface area contributed by atoms with Crippen molar-refractivity contribution in [2.45, 2.75) is 62.7 Å². The molecule has 23 heavy (non-hydrogen) atoms. The van der Waals surface area contributed by atoms with E-state index in [9.17, 15) is 4.79 Å². The van der Waals surface area contributed by atoms with Crippen molar-refractivity contribution in [1.82, 2.24) is 20.0 Å². The van der Waals surface area contributed by atoms with Gasteiger partial charge in [-0.2, -0.15) is 5.10 Å². The van der Waals surface area contributed by atoms with E-state index >= 15 is 0 Å². The smallest absolute Gasteiger partial charge is 0.223 e. The fourth-order valence-electron chi connectivity index (χ4n) is 4.07. The van der Waals surface area contributed by atoms with Gasteiger partial charge in [-0.1, -0.05) is 0 Å². The zero-order chi connectivity index (χ0) is 15.8. The molecule has 0 spiro atoms. The SMILES string of the molecule is Cn1nccc1[C@H]1[C@H](N[C@H]2CCCOC2)CCC(=O)N1C1CC1. The Hall–Kier alpha value is -1.40. The molecule has 0 unspecified atom stereocenters. The third-order valence-electron chi connectivity index (χ3n) is 5.35. The van der Waals surface area contributed by atoms with Crippen LogP contribution in [0.1, 0.15) is 50.3 Å². The Labute approximate surface area is 137 Å². The minimum atomic E-state index is 0.0955. The molecule has 1 saturated carbocycles. The van der Waals surface area contributed by atoms with Crippen LogP contribution in [0.2, 0.25) is 0 Å². The molecule has 1 aliphatic carbocycles. The lowest BCUT2D eigenvalue weighted by atomic mass is 9.91. The Bertz CT molecular complexity index is 563. The quantitative estimate of drug-likeness (QED) is 0.911. The fourth-order valence-corrected chi connectivity index (χ4v) is 4.07. The zero-order valence-corrected chi connectivity index (χ0v) is 13.8. The van der Waals surface area contributed by atoms with Crippen LogP contribution in [0, 0.1) is 0 Å². The van der Waals surface area contributed by atoms with E-state index in [1.807, 2.05) is 17.9 Å². The molecular weight excluding hydrogens is 292 g/mol. The minimum absolute atomic E-state index is 0.0955. The van der Waals surface area contributed by atoms with Gasteiger partial charge in [0, 0.05) is 44.4 Å². The molecule has 1 aromatic heterocycles. The maximum absolute atomic E-state index is 12.6. The number of carbonyl (C=O) groups is 1. The van der Waals surface area contributed by atoms with Gasteiger partial charge in [-0.15, -0.1) is 0 Å². The standard InChI is InChI=1S/C17H26N4O2/c1-20-15(8-9-18-20)17-14(19-12-3-2-10-23-11-12)6-7-16(22)21(17)13-4-5-13/h8-9,12-14,17,19H,2-7,10-11H2,1H3/t12-,14+,17+/m0/s1. The highest BCUT2D eigenvalue weighted by molar-refractivity contribution is 5.78. The molecule has 0 bridgehead atoms. The predicted molar refractivity (Wildman–Crippen MR) is 85.8 cm³/mol. The molecule has 2 saturated heterocycles. The number of aromatic nitrogens is 2. The number of likely N-dealkylation sites (tertiary alicyclic amines) is 1. The van der Waals surface area contributed by atoms with Gasteiger partial charge >= 0.3 is 0 Å². The van der Waals surface area contributed by atoms with Crippen LogP contribution in [0.4, 0.5) is 0 Å². The summed E-state index contributed by atoms with van der Waals surface area (Å²) in [6, 6.07) is 3.27. The largest absolute Gasteiger partial charge is 0.380 e. The summed E-state index contributed by atoms with van der Waals surface area (Å²) in [6.45, 7) is 1.66. The number of rotatable bonds is 4. The molecule has 2 aliphatic heterocycles. The van der Waals surface area contributed by atoms with Crippen molar-refractivity contribution in [3.63, 3.8) is 0 Å². The van der Waals surface area contributed by atoms with Crippen molar-refractivity contribution >= 4 is 5.91 Å². The number of ether oxygens (including phenoxy) is 1. The molecule has 1 N–H and O–H groups in total. The van der Waals surface area contributed by atoms with E-state index in [2.05, 4.69) is 21.4 Å². The molecule has 6 nitrogen and oxygen atoms in total. The van der Waals surface area contributed by atoms with Crippen molar-refractivity contribution < 1.29 is 9.53 Å². The van der Waals surface area contributed by atoms with Crippen molar-refractivity contribution in [3.8, 4) is 0 Å². The molecule has 6 heteroatoms. The second-order valence-corrected chi connectivity index (χ2v) is 7.08. The first-order chi connectivity index (χ1) is 11.2. The lowest BCUT2D eigenvalue weighted by Crippen LogP contribution is -2.55. The minimum Gasteiger partial charge on any atom is -0.380 e. The molecule has 3 fully saturated rings. The Morgan fingerprint density at radius 3 is 2.83 bits per heavy atom. The predicted octanol–water partition coefficient (Wildman–Crippen LogP) is 1.38. The van der Waals surface area contributed by atoms with Crippen LogP contribution in [0.15, 0.2) is 12.3 Å². The number of nitrogens with one attached hydrogen (secondary N) is 1. The highest BCUT2D eigenvalue weighted by Crippen LogP contribution is 2.40. The normalized spacial score (nSPS) is 32.3. The third kappa shape index (κ3) is 3.02. The summed E-state index contributed by atoms with van der Waals surface area (Å²) in [5, 5.41) is 8.14. The number of amides is 1. The van der Waals surface area contributed by atoms with Crippen LogP contribution < -0.4 is 5.32 Å². The molecule has 126 valence electrons. The van der Waals surface area contributed by atoms with Crippen molar-refractivity contribution in [2.24, 2.45) is 7.05 Å². The Balaban J connectivity index is 1.60. The summed E-state index contributed by atoms with van der Waals surface area (Å²) in [5.41, 5.74) is 1.14. The molecular formula is C17H26N4O2. The second kappa shape index (κ2) is 6.24. The molecule has 0 radical (unpaired) electrons. The molecule has 0 aromatic carbocycles. The van der Waals surface area contributed by atoms with Crippen LogP contribution in [0.3, 0.4) is 0 Å². The van der Waals surface area contributed by atoms with Gasteiger partial charge in [-0.3, -0.25) is 9.48 Å². The second-order valence-electron chi connectivity index (χ2n) is 7.08. The van der Waals surface area contributed by atoms with Gasteiger partial charge in [0.25, 0.3) is 0 Å². The van der Waals surface area contributed by atoms with E-state index in [4.69, 9.17) is 4.74 Å². The van der Waals surface area contributed by atoms with Crippen LogP contribution in [0.25, 0.3) is 0 Å². The van der Waals surface area contributed by atoms with Gasteiger partial charge in [0.15, 0.2) is 0 Å². The first kappa shape index (κ1) is 15.1. The van der Waals surface area contributed by atoms with E-state index in [1.54, 1.807) is 0 Å². The summed E-state index contributed by atoms with van der Waals surface area (Å²) in [6.07, 6.45) is 7.93. The molecule has 3 heterocycles. The zero-order valence-electron chi connectivity index (χ0n) is 13.8. The average Bonchev–Trinajstić information content (AvgIpc) is 3.31. The maximum atomic E-state index is 12.6. The first-order valence-corrected chi connectivity index (χ1v) is 8.87. The molecule has 1 amide bonds.